The van der Waals surface area contributed by atoms with Crippen molar-refractivity contribution >= 4 is 17.1 Å². The molecular formula is C26H21N5OS. The molecule has 162 valence electrons. The van der Waals surface area contributed by atoms with Crippen LogP contribution >= 0.6 is 11.3 Å². The fraction of sp³-hybridized carbons (Fsp3) is 0.154. The first-order chi connectivity index (χ1) is 16.2. The molecule has 0 aliphatic heterocycles. The number of fused-ring (bicyclic) bond motifs is 1. The molecule has 0 spiro atoms. The first kappa shape index (κ1) is 20.9. The maximum atomic E-state index is 13.7. The molecule has 0 saturated heterocycles. The highest BCUT2D eigenvalue weighted by atomic mass is 32.1. The predicted octanol–water partition coefficient (Wildman–Crippen LogP) is 5.02. The van der Waals surface area contributed by atoms with E-state index in [9.17, 15) is 10.1 Å². The van der Waals surface area contributed by atoms with Gasteiger partial charge in [-0.05, 0) is 40.6 Å². The Morgan fingerprint density at radius 2 is 1.91 bits per heavy atom. The van der Waals surface area contributed by atoms with Crippen molar-refractivity contribution in [2.75, 3.05) is 0 Å². The van der Waals surface area contributed by atoms with E-state index in [2.05, 4.69) is 23.1 Å². The molecule has 0 bridgehead atoms. The van der Waals surface area contributed by atoms with Gasteiger partial charge < -0.3 is 0 Å². The molecule has 5 aromatic rings. The molecule has 0 atom stereocenters. The smallest absolute Gasteiger partial charge is 0.263 e. The summed E-state index contributed by atoms with van der Waals surface area (Å²) in [6, 6.07) is 19.8. The summed E-state index contributed by atoms with van der Waals surface area (Å²) in [5.74, 6) is 0.536. The Bertz CT molecular complexity index is 1520. The zero-order valence-electron chi connectivity index (χ0n) is 18.1. The molecule has 0 amide bonds. The summed E-state index contributed by atoms with van der Waals surface area (Å²) in [6.45, 7) is 2.10. The second-order valence-electron chi connectivity index (χ2n) is 7.80. The normalized spacial score (nSPS) is 11.0. The molecule has 0 aliphatic rings. The van der Waals surface area contributed by atoms with Crippen LogP contribution in [0.25, 0.3) is 22.6 Å². The van der Waals surface area contributed by atoms with Crippen LogP contribution in [-0.4, -0.2) is 19.2 Å². The van der Waals surface area contributed by atoms with Gasteiger partial charge in [0.15, 0.2) is 0 Å². The molecule has 6 nitrogen and oxygen atoms in total. The van der Waals surface area contributed by atoms with E-state index in [0.717, 1.165) is 46.5 Å². The van der Waals surface area contributed by atoms with Crippen LogP contribution in [0.3, 0.4) is 0 Å². The van der Waals surface area contributed by atoms with Crippen LogP contribution in [0.4, 0.5) is 0 Å². The van der Waals surface area contributed by atoms with Crippen molar-refractivity contribution in [3.63, 3.8) is 0 Å². The van der Waals surface area contributed by atoms with Crippen LogP contribution in [0.1, 0.15) is 35.7 Å². The van der Waals surface area contributed by atoms with Crippen molar-refractivity contribution in [3.05, 3.63) is 104 Å². The molecule has 0 aliphatic carbocycles. The average Bonchev–Trinajstić information content (AvgIpc) is 3.55. The largest absolute Gasteiger partial charge is 0.268 e. The summed E-state index contributed by atoms with van der Waals surface area (Å²) in [5, 5.41) is 17.8. The van der Waals surface area contributed by atoms with Crippen LogP contribution in [0.2, 0.25) is 0 Å². The molecule has 33 heavy (non-hydrogen) atoms. The van der Waals surface area contributed by atoms with Crippen molar-refractivity contribution in [1.82, 2.24) is 19.2 Å². The Labute approximate surface area is 195 Å². The van der Waals surface area contributed by atoms with Gasteiger partial charge in [0.2, 0.25) is 5.78 Å². The van der Waals surface area contributed by atoms with Crippen LogP contribution in [0.15, 0.2) is 76.5 Å². The highest BCUT2D eigenvalue weighted by molar-refractivity contribution is 7.08. The Balaban J connectivity index is 1.60. The van der Waals surface area contributed by atoms with E-state index in [4.69, 9.17) is 0 Å². The Morgan fingerprint density at radius 1 is 1.09 bits per heavy atom. The minimum atomic E-state index is -0.0590. The van der Waals surface area contributed by atoms with Gasteiger partial charge in [0.05, 0.1) is 23.0 Å². The van der Waals surface area contributed by atoms with Crippen LogP contribution in [0, 0.1) is 11.3 Å². The predicted molar refractivity (Wildman–Crippen MR) is 130 cm³/mol. The number of nitrogens with zero attached hydrogens (tertiary/aromatic N) is 5. The molecule has 3 aromatic heterocycles. The highest BCUT2D eigenvalue weighted by Gasteiger charge is 2.20. The molecule has 2 aromatic carbocycles. The number of aromatic nitrogens is 4. The van der Waals surface area contributed by atoms with Gasteiger partial charge >= 0.3 is 0 Å². The number of benzene rings is 2. The van der Waals surface area contributed by atoms with E-state index in [1.165, 1.54) is 6.33 Å². The molecular weight excluding hydrogens is 430 g/mol. The second-order valence-corrected chi connectivity index (χ2v) is 8.58. The zero-order valence-corrected chi connectivity index (χ0v) is 18.9. The number of nitriles is 1. The van der Waals surface area contributed by atoms with Gasteiger partial charge in [-0.1, -0.05) is 55.8 Å². The standard InChI is InChI=1S/C26H21N5OS/c1-2-5-24-23(25(32)30(21-12-13-33-16-21)26-28-17-29-31(24)26)14-18-8-10-19(11-9-18)22-7-4-3-6-20(22)15-27/h3-4,6-13,16-17H,2,5,14H2,1H3. The van der Waals surface area contributed by atoms with Gasteiger partial charge in [-0.3, -0.25) is 4.79 Å². The number of thiophene rings is 1. The number of hydrogen-bond acceptors (Lipinski definition) is 5. The van der Waals surface area contributed by atoms with Crippen LogP contribution in [-0.2, 0) is 12.8 Å². The van der Waals surface area contributed by atoms with E-state index in [1.54, 1.807) is 20.4 Å². The fourth-order valence-electron chi connectivity index (χ4n) is 4.18. The SMILES string of the molecule is CCCc1c(Cc2ccc(-c3ccccc3C#N)cc2)c(=O)n(-c2ccsc2)c2ncnn12. The lowest BCUT2D eigenvalue weighted by Crippen LogP contribution is -2.28. The third kappa shape index (κ3) is 3.75. The lowest BCUT2D eigenvalue weighted by Gasteiger charge is -2.15. The average molecular weight is 452 g/mol. The van der Waals surface area contributed by atoms with Gasteiger partial charge in [0.1, 0.15) is 6.33 Å². The van der Waals surface area contributed by atoms with Crippen molar-refractivity contribution in [2.45, 2.75) is 26.2 Å². The summed E-state index contributed by atoms with van der Waals surface area (Å²) in [5.41, 5.74) is 5.93. The molecule has 0 fully saturated rings. The number of hydrogen-bond donors (Lipinski definition) is 0. The Kier molecular flexibility index (Phi) is 5.59. The van der Waals surface area contributed by atoms with Crippen molar-refractivity contribution in [2.24, 2.45) is 0 Å². The van der Waals surface area contributed by atoms with Gasteiger partial charge in [-0.15, -0.1) is 0 Å². The van der Waals surface area contributed by atoms with Crippen molar-refractivity contribution < 1.29 is 0 Å². The molecule has 0 radical (unpaired) electrons. The zero-order chi connectivity index (χ0) is 22.8. The lowest BCUT2D eigenvalue weighted by atomic mass is 9.97. The molecule has 0 saturated carbocycles. The van der Waals surface area contributed by atoms with Gasteiger partial charge in [-0.2, -0.15) is 26.7 Å². The Morgan fingerprint density at radius 3 is 2.64 bits per heavy atom. The first-order valence-electron chi connectivity index (χ1n) is 10.8. The first-order valence-corrected chi connectivity index (χ1v) is 11.7. The monoisotopic (exact) mass is 451 g/mol. The fourth-order valence-corrected chi connectivity index (χ4v) is 4.80. The molecule has 7 heteroatoms. The second kappa shape index (κ2) is 8.85. The van der Waals surface area contributed by atoms with Crippen molar-refractivity contribution in [3.8, 4) is 22.9 Å². The molecule has 3 heterocycles. The van der Waals surface area contributed by atoms with Gasteiger partial charge in [-0.25, -0.2) is 9.08 Å². The lowest BCUT2D eigenvalue weighted by molar-refractivity contribution is 0.750. The maximum Gasteiger partial charge on any atom is 0.263 e. The molecule has 0 N–H and O–H groups in total. The molecule has 5 rings (SSSR count). The summed E-state index contributed by atoms with van der Waals surface area (Å²) in [6.07, 6.45) is 3.63. The highest BCUT2D eigenvalue weighted by Crippen LogP contribution is 2.25. The quantitative estimate of drug-likeness (QED) is 0.363. The maximum absolute atomic E-state index is 13.7. The third-order valence-corrected chi connectivity index (χ3v) is 6.41. The summed E-state index contributed by atoms with van der Waals surface area (Å²) >= 11 is 1.54. The van der Waals surface area contributed by atoms with E-state index in [-0.39, 0.29) is 5.56 Å². The van der Waals surface area contributed by atoms with E-state index in [1.807, 2.05) is 65.4 Å². The van der Waals surface area contributed by atoms with Crippen LogP contribution < -0.4 is 5.56 Å². The topological polar surface area (TPSA) is 76.0 Å². The minimum Gasteiger partial charge on any atom is -0.268 e. The van der Waals surface area contributed by atoms with E-state index in [0.29, 0.717) is 17.8 Å². The Hall–Kier alpha value is -4.02. The van der Waals surface area contributed by atoms with Gasteiger partial charge in [0, 0.05) is 17.4 Å². The summed E-state index contributed by atoms with van der Waals surface area (Å²) < 4.78 is 3.45. The number of rotatable bonds is 6. The minimum absolute atomic E-state index is 0.0590. The van der Waals surface area contributed by atoms with Gasteiger partial charge in [0.25, 0.3) is 5.56 Å². The molecule has 0 unspecified atom stereocenters. The van der Waals surface area contributed by atoms with Crippen LogP contribution in [0.5, 0.6) is 0 Å². The van der Waals surface area contributed by atoms with Crippen molar-refractivity contribution in [1.29, 1.82) is 5.26 Å². The van der Waals surface area contributed by atoms with E-state index >= 15 is 0 Å². The summed E-state index contributed by atoms with van der Waals surface area (Å²) in [4.78, 5) is 18.1. The van der Waals surface area contributed by atoms with E-state index < -0.39 is 0 Å². The number of aryl methyl sites for hydroxylation is 1. The third-order valence-electron chi connectivity index (χ3n) is 5.74. The summed E-state index contributed by atoms with van der Waals surface area (Å²) in [7, 11) is 0.